The summed E-state index contributed by atoms with van der Waals surface area (Å²) in [6, 6.07) is 18.4. The highest BCUT2D eigenvalue weighted by Gasteiger charge is 2.26. The molecule has 3 aliphatic heterocycles. The number of aliphatic hydroxyl groups is 1. The molecule has 2 unspecified atom stereocenters. The van der Waals surface area contributed by atoms with E-state index in [1.165, 1.54) is 11.4 Å². The fourth-order valence-corrected chi connectivity index (χ4v) is 3.33. The number of likely N-dealkylation sites (tertiary alicyclic amines) is 1. The Morgan fingerprint density at radius 3 is 2.31 bits per heavy atom. The van der Waals surface area contributed by atoms with Gasteiger partial charge in [0.1, 0.15) is 0 Å². The predicted octanol–water partition coefficient (Wildman–Crippen LogP) is 3.02. The van der Waals surface area contributed by atoms with Gasteiger partial charge in [0, 0.05) is 45.0 Å². The lowest BCUT2D eigenvalue weighted by Gasteiger charge is -2.31. The van der Waals surface area contributed by atoms with Crippen molar-refractivity contribution in [1.82, 2.24) is 9.80 Å². The summed E-state index contributed by atoms with van der Waals surface area (Å²) < 4.78 is 0. The molecule has 2 aromatic rings. The maximum absolute atomic E-state index is 11.7. The van der Waals surface area contributed by atoms with Gasteiger partial charge in [0.05, 0.1) is 12.1 Å². The van der Waals surface area contributed by atoms with Crippen LogP contribution < -0.4 is 5.32 Å². The maximum atomic E-state index is 11.7. The molecule has 0 aliphatic carbocycles. The second-order valence-corrected chi connectivity index (χ2v) is 6.96. The summed E-state index contributed by atoms with van der Waals surface area (Å²) in [5.41, 5.74) is 3.61. The van der Waals surface area contributed by atoms with Crippen molar-refractivity contribution in [3.8, 4) is 0 Å². The SMILES string of the molecule is CC(=O)N(C)C(CN1CCC(O)C1)c1ccccc1.c1cc2cc(c1)N2. The second kappa shape index (κ2) is 8.34. The molecule has 2 aromatic carbocycles. The Labute approximate surface area is 155 Å². The molecule has 138 valence electrons. The van der Waals surface area contributed by atoms with Crippen LogP contribution in [0.2, 0.25) is 0 Å². The normalized spacial score (nSPS) is 18.8. The number of benzene rings is 2. The van der Waals surface area contributed by atoms with E-state index in [4.69, 9.17) is 0 Å². The first-order chi connectivity index (χ1) is 12.5. The molecule has 5 heteroatoms. The van der Waals surface area contributed by atoms with Crippen LogP contribution in [0.25, 0.3) is 0 Å². The van der Waals surface area contributed by atoms with Gasteiger partial charge in [-0.25, -0.2) is 0 Å². The summed E-state index contributed by atoms with van der Waals surface area (Å²) in [7, 11) is 1.84. The molecule has 2 N–H and O–H groups in total. The van der Waals surface area contributed by atoms with Gasteiger partial charge in [-0.1, -0.05) is 36.4 Å². The minimum absolute atomic E-state index is 0.0454. The number of amides is 1. The first-order valence-electron chi connectivity index (χ1n) is 9.09. The van der Waals surface area contributed by atoms with Crippen molar-refractivity contribution in [1.29, 1.82) is 0 Å². The van der Waals surface area contributed by atoms with Gasteiger partial charge in [0.2, 0.25) is 5.91 Å². The summed E-state index contributed by atoms with van der Waals surface area (Å²) in [4.78, 5) is 15.7. The number of carbonyl (C=O) groups excluding carboxylic acids is 1. The molecule has 26 heavy (non-hydrogen) atoms. The van der Waals surface area contributed by atoms with Gasteiger partial charge in [-0.2, -0.15) is 0 Å². The van der Waals surface area contributed by atoms with Crippen LogP contribution >= 0.6 is 0 Å². The number of aliphatic hydroxyl groups excluding tert-OH is 1. The highest BCUT2D eigenvalue weighted by molar-refractivity contribution is 5.74. The number of fused-ring (bicyclic) bond motifs is 2. The highest BCUT2D eigenvalue weighted by atomic mass is 16.3. The largest absolute Gasteiger partial charge is 0.392 e. The number of nitrogens with zero attached hydrogens (tertiary/aromatic N) is 2. The fraction of sp³-hybridized carbons (Fsp3) is 0.381. The van der Waals surface area contributed by atoms with Crippen LogP contribution in [0.15, 0.2) is 54.6 Å². The van der Waals surface area contributed by atoms with E-state index < -0.39 is 0 Å². The lowest BCUT2D eigenvalue weighted by Crippen LogP contribution is -2.38. The number of hydrogen-bond donors (Lipinski definition) is 2. The molecule has 2 bridgehead atoms. The minimum atomic E-state index is -0.223. The van der Waals surface area contributed by atoms with E-state index in [0.717, 1.165) is 25.1 Å². The number of β-amino-alcohol motifs (C(OH)–C–C–N with tert-alkyl or cyclic N) is 1. The standard InChI is InChI=1S/C15H22N2O2.C6H5N/c1-12(18)16(2)15(13-6-4-3-5-7-13)11-17-9-8-14(19)10-17;1-2-5-4-6(3-1)7-5/h3-7,14-15,19H,8-11H2,1-2H3;1-4,7H. The van der Waals surface area contributed by atoms with Crippen molar-refractivity contribution >= 4 is 17.3 Å². The molecule has 5 nitrogen and oxygen atoms in total. The molecule has 0 spiro atoms. The Morgan fingerprint density at radius 1 is 1.23 bits per heavy atom. The third-order valence-corrected chi connectivity index (χ3v) is 4.98. The van der Waals surface area contributed by atoms with Crippen molar-refractivity contribution in [2.24, 2.45) is 0 Å². The van der Waals surface area contributed by atoms with Crippen molar-refractivity contribution in [3.63, 3.8) is 0 Å². The molecule has 0 saturated carbocycles. The monoisotopic (exact) mass is 353 g/mol. The zero-order chi connectivity index (χ0) is 18.5. The zero-order valence-electron chi connectivity index (χ0n) is 15.4. The van der Waals surface area contributed by atoms with E-state index in [1.807, 2.05) is 43.4 Å². The van der Waals surface area contributed by atoms with Gasteiger partial charge >= 0.3 is 0 Å². The zero-order valence-corrected chi connectivity index (χ0v) is 15.4. The average Bonchev–Trinajstić information content (AvgIpc) is 3.05. The molecule has 5 rings (SSSR count). The van der Waals surface area contributed by atoms with Gasteiger partial charge in [-0.15, -0.1) is 0 Å². The average molecular weight is 353 g/mol. The summed E-state index contributed by atoms with van der Waals surface area (Å²) in [5, 5.41) is 12.7. The van der Waals surface area contributed by atoms with E-state index in [-0.39, 0.29) is 18.1 Å². The summed E-state index contributed by atoms with van der Waals surface area (Å²) in [6.45, 7) is 3.97. The van der Waals surface area contributed by atoms with Crippen molar-refractivity contribution in [2.75, 3.05) is 32.0 Å². The molecular formula is C21H27N3O2. The molecule has 0 radical (unpaired) electrons. The molecule has 2 atom stereocenters. The topological polar surface area (TPSA) is 55.8 Å². The molecular weight excluding hydrogens is 326 g/mol. The third kappa shape index (κ3) is 4.62. The first-order valence-corrected chi connectivity index (χ1v) is 9.09. The number of rotatable bonds is 4. The number of hydrogen-bond acceptors (Lipinski definition) is 4. The van der Waals surface area contributed by atoms with E-state index >= 15 is 0 Å². The first kappa shape index (κ1) is 18.4. The smallest absolute Gasteiger partial charge is 0.219 e. The Morgan fingerprint density at radius 2 is 1.88 bits per heavy atom. The maximum Gasteiger partial charge on any atom is 0.219 e. The van der Waals surface area contributed by atoms with Crippen LogP contribution in [0.1, 0.15) is 24.9 Å². The number of likely N-dealkylation sites (N-methyl/N-ethyl adjacent to an activating group) is 1. The lowest BCUT2D eigenvalue weighted by molar-refractivity contribution is -0.130. The van der Waals surface area contributed by atoms with E-state index in [1.54, 1.807) is 11.8 Å². The summed E-state index contributed by atoms with van der Waals surface area (Å²) in [5.74, 6) is 0.0635. The van der Waals surface area contributed by atoms with Gasteiger partial charge < -0.3 is 15.3 Å². The van der Waals surface area contributed by atoms with Crippen LogP contribution in [0.3, 0.4) is 0 Å². The Balaban J connectivity index is 0.000000229. The summed E-state index contributed by atoms with van der Waals surface area (Å²) in [6.07, 6.45) is 0.602. The molecule has 3 aliphatic rings. The van der Waals surface area contributed by atoms with Gasteiger partial charge in [0.15, 0.2) is 0 Å². The molecule has 1 fully saturated rings. The van der Waals surface area contributed by atoms with Crippen LogP contribution in [0, 0.1) is 0 Å². The van der Waals surface area contributed by atoms with Crippen LogP contribution in [-0.4, -0.2) is 53.6 Å². The number of carbonyl (C=O) groups is 1. The van der Waals surface area contributed by atoms with Crippen LogP contribution in [0.5, 0.6) is 0 Å². The van der Waals surface area contributed by atoms with Gasteiger partial charge in [-0.05, 0) is 30.2 Å². The molecule has 0 aromatic heterocycles. The lowest BCUT2D eigenvalue weighted by atomic mass is 10.1. The van der Waals surface area contributed by atoms with E-state index in [0.29, 0.717) is 6.54 Å². The quantitative estimate of drug-likeness (QED) is 0.757. The molecule has 1 saturated heterocycles. The molecule has 1 amide bonds. The van der Waals surface area contributed by atoms with Crippen molar-refractivity contribution in [3.05, 3.63) is 60.2 Å². The third-order valence-electron chi connectivity index (χ3n) is 4.98. The Hall–Kier alpha value is -2.37. The number of nitrogens with one attached hydrogen (secondary N) is 1. The van der Waals surface area contributed by atoms with Crippen molar-refractivity contribution in [2.45, 2.75) is 25.5 Å². The van der Waals surface area contributed by atoms with E-state index in [2.05, 4.69) is 28.4 Å². The molecule has 3 heterocycles. The van der Waals surface area contributed by atoms with Crippen molar-refractivity contribution < 1.29 is 9.90 Å². The predicted molar refractivity (Wildman–Crippen MR) is 104 cm³/mol. The van der Waals surface area contributed by atoms with Crippen LogP contribution in [-0.2, 0) is 4.79 Å². The fourth-order valence-electron chi connectivity index (χ4n) is 3.33. The highest BCUT2D eigenvalue weighted by Crippen LogP contribution is 2.27. The van der Waals surface area contributed by atoms with Gasteiger partial charge in [0.25, 0.3) is 0 Å². The van der Waals surface area contributed by atoms with E-state index in [9.17, 15) is 9.90 Å². The Kier molecular flexibility index (Phi) is 5.91. The number of anilines is 2. The van der Waals surface area contributed by atoms with Crippen LogP contribution in [0.4, 0.5) is 11.4 Å². The second-order valence-electron chi connectivity index (χ2n) is 6.96. The Bertz CT molecular complexity index is 710. The van der Waals surface area contributed by atoms with Gasteiger partial charge in [-0.3, -0.25) is 9.69 Å². The minimum Gasteiger partial charge on any atom is -0.392 e. The summed E-state index contributed by atoms with van der Waals surface area (Å²) >= 11 is 0.